The third kappa shape index (κ3) is 5.23. The van der Waals surface area contributed by atoms with E-state index in [1.807, 2.05) is 67.6 Å². The standard InChI is InChI=1S/C26H24O4/c1-3-20-11-8-12-23(21-9-6-5-7-10-21)25(20)26(28)30-22-15-13-19(14-16-22)17-18-29-24(27)4-2/h4-16H,2-3,17-18H2,1H3. The summed E-state index contributed by atoms with van der Waals surface area (Å²) in [5.41, 5.74) is 4.35. The fraction of sp³-hybridized carbons (Fsp3) is 0.154. The van der Waals surface area contributed by atoms with E-state index in [9.17, 15) is 9.59 Å². The molecule has 0 aliphatic rings. The molecule has 0 unspecified atom stereocenters. The number of aryl methyl sites for hydroxylation is 1. The predicted molar refractivity (Wildman–Crippen MR) is 118 cm³/mol. The Morgan fingerprint density at radius 1 is 0.933 bits per heavy atom. The fourth-order valence-electron chi connectivity index (χ4n) is 3.20. The van der Waals surface area contributed by atoms with Crippen molar-refractivity contribution in [1.29, 1.82) is 0 Å². The van der Waals surface area contributed by atoms with Crippen LogP contribution in [0.1, 0.15) is 28.4 Å². The van der Waals surface area contributed by atoms with Crippen LogP contribution >= 0.6 is 0 Å². The highest BCUT2D eigenvalue weighted by Gasteiger charge is 2.18. The zero-order valence-corrected chi connectivity index (χ0v) is 17.0. The minimum Gasteiger partial charge on any atom is -0.462 e. The highest BCUT2D eigenvalue weighted by Crippen LogP contribution is 2.28. The first-order valence-corrected chi connectivity index (χ1v) is 9.90. The Morgan fingerprint density at radius 2 is 1.67 bits per heavy atom. The molecule has 3 aromatic carbocycles. The molecular weight excluding hydrogens is 376 g/mol. The van der Waals surface area contributed by atoms with Crippen molar-refractivity contribution in [3.63, 3.8) is 0 Å². The molecule has 30 heavy (non-hydrogen) atoms. The van der Waals surface area contributed by atoms with Crippen LogP contribution in [0.5, 0.6) is 5.75 Å². The zero-order chi connectivity index (χ0) is 21.3. The lowest BCUT2D eigenvalue weighted by molar-refractivity contribution is -0.137. The van der Waals surface area contributed by atoms with Crippen molar-refractivity contribution in [2.75, 3.05) is 6.61 Å². The molecule has 0 bridgehead atoms. The van der Waals surface area contributed by atoms with Crippen molar-refractivity contribution in [2.45, 2.75) is 19.8 Å². The second-order valence-electron chi connectivity index (χ2n) is 6.71. The molecule has 3 rings (SSSR count). The van der Waals surface area contributed by atoms with Gasteiger partial charge in [-0.25, -0.2) is 9.59 Å². The number of esters is 2. The van der Waals surface area contributed by atoms with E-state index in [1.54, 1.807) is 12.1 Å². The molecule has 0 saturated heterocycles. The lowest BCUT2D eigenvalue weighted by Crippen LogP contribution is -2.13. The second kappa shape index (κ2) is 10.2. The Kier molecular flexibility index (Phi) is 7.17. The van der Waals surface area contributed by atoms with Crippen molar-refractivity contribution >= 4 is 11.9 Å². The molecule has 0 atom stereocenters. The van der Waals surface area contributed by atoms with Crippen molar-refractivity contribution < 1.29 is 19.1 Å². The molecule has 0 N–H and O–H groups in total. The third-order valence-corrected chi connectivity index (χ3v) is 4.76. The van der Waals surface area contributed by atoms with Crippen molar-refractivity contribution in [3.8, 4) is 16.9 Å². The fourth-order valence-corrected chi connectivity index (χ4v) is 3.20. The van der Waals surface area contributed by atoms with Gasteiger partial charge in [0.25, 0.3) is 0 Å². The van der Waals surface area contributed by atoms with Gasteiger partial charge in [0.05, 0.1) is 12.2 Å². The first-order valence-electron chi connectivity index (χ1n) is 9.90. The minimum atomic E-state index is -0.440. The van der Waals surface area contributed by atoms with Crippen LogP contribution < -0.4 is 4.74 Å². The summed E-state index contributed by atoms with van der Waals surface area (Å²) in [5, 5.41) is 0. The van der Waals surface area contributed by atoms with Gasteiger partial charge in [-0.15, -0.1) is 0 Å². The molecule has 0 spiro atoms. The van der Waals surface area contributed by atoms with Gasteiger partial charge in [0.2, 0.25) is 0 Å². The first kappa shape index (κ1) is 21.1. The van der Waals surface area contributed by atoms with E-state index in [0.29, 0.717) is 17.7 Å². The second-order valence-corrected chi connectivity index (χ2v) is 6.71. The average molecular weight is 400 g/mol. The van der Waals surface area contributed by atoms with Gasteiger partial charge in [-0.1, -0.05) is 74.2 Å². The van der Waals surface area contributed by atoms with E-state index in [0.717, 1.165) is 34.8 Å². The first-order chi connectivity index (χ1) is 14.6. The van der Waals surface area contributed by atoms with Crippen LogP contribution in [-0.2, 0) is 22.4 Å². The number of hydrogen-bond acceptors (Lipinski definition) is 4. The van der Waals surface area contributed by atoms with Gasteiger partial charge in [0.1, 0.15) is 5.75 Å². The minimum absolute atomic E-state index is 0.272. The molecular formula is C26H24O4. The topological polar surface area (TPSA) is 52.6 Å². The molecule has 0 saturated carbocycles. The number of carbonyl (C=O) groups is 2. The molecule has 0 aromatic heterocycles. The quantitative estimate of drug-likeness (QED) is 0.288. The van der Waals surface area contributed by atoms with E-state index < -0.39 is 5.97 Å². The summed E-state index contributed by atoms with van der Waals surface area (Å²) in [7, 11) is 0. The van der Waals surface area contributed by atoms with Crippen LogP contribution in [0.3, 0.4) is 0 Å². The summed E-state index contributed by atoms with van der Waals surface area (Å²) >= 11 is 0. The van der Waals surface area contributed by atoms with Crippen LogP contribution in [0.4, 0.5) is 0 Å². The molecule has 0 radical (unpaired) electrons. The monoisotopic (exact) mass is 400 g/mol. The highest BCUT2D eigenvalue weighted by molar-refractivity contribution is 6.00. The van der Waals surface area contributed by atoms with Gasteiger partial charge in [0, 0.05) is 12.5 Å². The van der Waals surface area contributed by atoms with Gasteiger partial charge < -0.3 is 9.47 Å². The number of hydrogen-bond donors (Lipinski definition) is 0. The molecule has 3 aromatic rings. The largest absolute Gasteiger partial charge is 0.462 e. The summed E-state index contributed by atoms with van der Waals surface area (Å²) in [4.78, 5) is 24.2. The van der Waals surface area contributed by atoms with E-state index in [2.05, 4.69) is 6.58 Å². The smallest absolute Gasteiger partial charge is 0.344 e. The van der Waals surface area contributed by atoms with Gasteiger partial charge in [-0.05, 0) is 40.8 Å². The summed E-state index contributed by atoms with van der Waals surface area (Å²) < 4.78 is 10.7. The Labute approximate surface area is 176 Å². The molecule has 0 amide bonds. The Balaban J connectivity index is 1.76. The van der Waals surface area contributed by atoms with Crippen LogP contribution in [-0.4, -0.2) is 18.5 Å². The number of carbonyl (C=O) groups excluding carboxylic acids is 2. The lowest BCUT2D eigenvalue weighted by atomic mass is 9.94. The van der Waals surface area contributed by atoms with Gasteiger partial charge >= 0.3 is 11.9 Å². The average Bonchev–Trinajstić information content (AvgIpc) is 2.80. The molecule has 0 aliphatic carbocycles. The molecule has 4 heteroatoms. The van der Waals surface area contributed by atoms with E-state index in [-0.39, 0.29) is 12.6 Å². The van der Waals surface area contributed by atoms with Crippen molar-refractivity contribution in [1.82, 2.24) is 0 Å². The summed E-state index contributed by atoms with van der Waals surface area (Å²) in [6.45, 7) is 5.66. The number of rotatable bonds is 8. The van der Waals surface area contributed by atoms with Crippen molar-refractivity contribution in [3.05, 3.63) is 102 Å². The van der Waals surface area contributed by atoms with E-state index >= 15 is 0 Å². The van der Waals surface area contributed by atoms with Crippen LogP contribution in [0.25, 0.3) is 11.1 Å². The maximum Gasteiger partial charge on any atom is 0.344 e. The summed E-state index contributed by atoms with van der Waals surface area (Å²) in [5.74, 6) is -0.347. The maximum absolute atomic E-state index is 13.1. The number of benzene rings is 3. The maximum atomic E-state index is 13.1. The molecule has 0 fully saturated rings. The van der Waals surface area contributed by atoms with Crippen molar-refractivity contribution in [2.24, 2.45) is 0 Å². The molecule has 152 valence electrons. The molecule has 0 aliphatic heterocycles. The third-order valence-electron chi connectivity index (χ3n) is 4.76. The lowest BCUT2D eigenvalue weighted by Gasteiger charge is -2.14. The van der Waals surface area contributed by atoms with Gasteiger partial charge in [-0.3, -0.25) is 0 Å². The normalized spacial score (nSPS) is 10.3. The summed E-state index contributed by atoms with van der Waals surface area (Å²) in [6, 6.07) is 22.9. The Bertz CT molecular complexity index is 1020. The molecule has 0 heterocycles. The van der Waals surface area contributed by atoms with Crippen LogP contribution in [0.15, 0.2) is 85.5 Å². The zero-order valence-electron chi connectivity index (χ0n) is 17.0. The van der Waals surface area contributed by atoms with Crippen LogP contribution in [0.2, 0.25) is 0 Å². The Hall–Kier alpha value is -3.66. The Morgan fingerprint density at radius 3 is 2.33 bits per heavy atom. The SMILES string of the molecule is C=CC(=O)OCCc1ccc(OC(=O)c2c(CC)cccc2-c2ccccc2)cc1. The van der Waals surface area contributed by atoms with Gasteiger partial charge in [0.15, 0.2) is 0 Å². The predicted octanol–water partition coefficient (Wildman–Crippen LogP) is 5.41. The number of ether oxygens (including phenoxy) is 2. The van der Waals surface area contributed by atoms with Gasteiger partial charge in [-0.2, -0.15) is 0 Å². The van der Waals surface area contributed by atoms with E-state index in [4.69, 9.17) is 9.47 Å². The van der Waals surface area contributed by atoms with Crippen LogP contribution in [0, 0.1) is 0 Å². The van der Waals surface area contributed by atoms with E-state index in [1.165, 1.54) is 0 Å². The summed E-state index contributed by atoms with van der Waals surface area (Å²) in [6.07, 6.45) is 2.44. The highest BCUT2D eigenvalue weighted by atomic mass is 16.5. The molecule has 4 nitrogen and oxygen atoms in total.